The number of rotatable bonds is 3. The van der Waals surface area contributed by atoms with E-state index in [9.17, 15) is 4.79 Å². The molecule has 1 aromatic heterocycles. The average Bonchev–Trinajstić information content (AvgIpc) is 2.93. The lowest BCUT2D eigenvalue weighted by Gasteiger charge is -2.24. The molecule has 3 nitrogen and oxygen atoms in total. The van der Waals surface area contributed by atoms with Crippen LogP contribution in [0.15, 0.2) is 35.7 Å². The fraction of sp³-hybridized carbons (Fsp3) is 0.214. The van der Waals surface area contributed by atoms with Gasteiger partial charge in [0, 0.05) is 11.9 Å². The normalized spacial score (nSPS) is 12.2. The number of hydrogen-bond acceptors (Lipinski definition) is 3. The van der Waals surface area contributed by atoms with Gasteiger partial charge in [-0.15, -0.1) is 11.3 Å². The molecule has 0 aliphatic heterocycles. The number of nitrogen functional groups attached to an aromatic ring is 1. The largest absolute Gasteiger partial charge is 0.397 e. The fourth-order valence-corrected chi connectivity index (χ4v) is 2.81. The first-order valence-corrected chi connectivity index (χ1v) is 7.12. The lowest BCUT2D eigenvalue weighted by molar-refractivity contribution is 0.0746. The van der Waals surface area contributed by atoms with Gasteiger partial charge < -0.3 is 10.6 Å². The molecule has 1 unspecified atom stereocenters. The summed E-state index contributed by atoms with van der Waals surface area (Å²) < 4.78 is 0. The SMILES string of the molecule is CC(c1cccs1)N(C)C(=O)c1cccc(Cl)c1N. The number of carbonyl (C=O) groups is 1. The summed E-state index contributed by atoms with van der Waals surface area (Å²) in [6.45, 7) is 1.99. The maximum atomic E-state index is 12.4. The third kappa shape index (κ3) is 2.74. The van der Waals surface area contributed by atoms with Crippen LogP contribution in [0.2, 0.25) is 5.02 Å². The molecule has 0 radical (unpaired) electrons. The number of carbonyl (C=O) groups excluding carboxylic acids is 1. The monoisotopic (exact) mass is 294 g/mol. The summed E-state index contributed by atoms with van der Waals surface area (Å²) in [6.07, 6.45) is 0. The molecule has 2 aromatic rings. The van der Waals surface area contributed by atoms with Crippen LogP contribution >= 0.6 is 22.9 Å². The highest BCUT2D eigenvalue weighted by molar-refractivity contribution is 7.10. The van der Waals surface area contributed by atoms with Crippen LogP contribution in [0.25, 0.3) is 0 Å². The van der Waals surface area contributed by atoms with Crippen LogP contribution in [-0.4, -0.2) is 17.9 Å². The molecule has 0 spiro atoms. The number of hydrogen-bond donors (Lipinski definition) is 1. The summed E-state index contributed by atoms with van der Waals surface area (Å²) in [4.78, 5) is 15.3. The molecule has 0 aliphatic rings. The molecule has 1 atom stereocenters. The third-order valence-electron chi connectivity index (χ3n) is 3.14. The first-order valence-electron chi connectivity index (χ1n) is 5.87. The van der Waals surface area contributed by atoms with Gasteiger partial charge in [0.05, 0.1) is 22.3 Å². The van der Waals surface area contributed by atoms with Crippen molar-refractivity contribution in [1.29, 1.82) is 0 Å². The van der Waals surface area contributed by atoms with E-state index in [-0.39, 0.29) is 11.9 Å². The van der Waals surface area contributed by atoms with Gasteiger partial charge >= 0.3 is 0 Å². The van der Waals surface area contributed by atoms with Crippen LogP contribution < -0.4 is 5.73 Å². The second kappa shape index (κ2) is 5.63. The van der Waals surface area contributed by atoms with E-state index in [0.717, 1.165) is 4.88 Å². The number of para-hydroxylation sites is 1. The summed E-state index contributed by atoms with van der Waals surface area (Å²) in [5.41, 5.74) is 6.64. The Morgan fingerprint density at radius 3 is 2.74 bits per heavy atom. The standard InChI is InChI=1S/C14H15ClN2OS/c1-9(12-7-4-8-19-12)17(2)14(18)10-5-3-6-11(15)13(10)16/h3-9H,16H2,1-2H3. The highest BCUT2D eigenvalue weighted by Crippen LogP contribution is 2.28. The predicted octanol–water partition coefficient (Wildman–Crippen LogP) is 3.82. The van der Waals surface area contributed by atoms with Crippen molar-refractivity contribution < 1.29 is 4.79 Å². The summed E-state index contributed by atoms with van der Waals surface area (Å²) in [5, 5.41) is 2.40. The minimum atomic E-state index is -0.124. The number of anilines is 1. The van der Waals surface area contributed by atoms with E-state index < -0.39 is 0 Å². The molecule has 1 heterocycles. The third-order valence-corrected chi connectivity index (χ3v) is 4.51. The molecule has 0 saturated carbocycles. The van der Waals surface area contributed by atoms with Crippen LogP contribution in [0.5, 0.6) is 0 Å². The fourth-order valence-electron chi connectivity index (χ4n) is 1.81. The summed E-state index contributed by atoms with van der Waals surface area (Å²) >= 11 is 7.58. The Bertz CT molecular complexity index is 583. The molecule has 2 N–H and O–H groups in total. The van der Waals surface area contributed by atoms with E-state index in [1.165, 1.54) is 0 Å². The van der Waals surface area contributed by atoms with Crippen LogP contribution in [-0.2, 0) is 0 Å². The molecule has 19 heavy (non-hydrogen) atoms. The number of amides is 1. The van der Waals surface area contributed by atoms with Gasteiger partial charge in [0.25, 0.3) is 5.91 Å². The summed E-state index contributed by atoms with van der Waals surface area (Å²) in [6, 6.07) is 9.10. The molecule has 0 bridgehead atoms. The Kier molecular flexibility index (Phi) is 4.12. The average molecular weight is 295 g/mol. The van der Waals surface area contributed by atoms with E-state index in [1.54, 1.807) is 41.5 Å². The minimum absolute atomic E-state index is 0.00545. The molecule has 2 rings (SSSR count). The molecular weight excluding hydrogens is 280 g/mol. The molecule has 1 amide bonds. The first kappa shape index (κ1) is 13.9. The van der Waals surface area contributed by atoms with Gasteiger partial charge in [0.1, 0.15) is 0 Å². The van der Waals surface area contributed by atoms with E-state index in [0.29, 0.717) is 16.3 Å². The van der Waals surface area contributed by atoms with Crippen LogP contribution in [0.1, 0.15) is 28.2 Å². The molecular formula is C14H15ClN2OS. The Morgan fingerprint density at radius 2 is 2.11 bits per heavy atom. The van der Waals surface area contributed by atoms with Crippen LogP contribution in [0.3, 0.4) is 0 Å². The van der Waals surface area contributed by atoms with Gasteiger partial charge in [0.2, 0.25) is 0 Å². The number of nitrogens with zero attached hydrogens (tertiary/aromatic N) is 1. The van der Waals surface area contributed by atoms with Crippen molar-refractivity contribution in [3.05, 3.63) is 51.2 Å². The lowest BCUT2D eigenvalue weighted by atomic mass is 10.1. The van der Waals surface area contributed by atoms with Gasteiger partial charge in [-0.1, -0.05) is 23.7 Å². The quantitative estimate of drug-likeness (QED) is 0.875. The van der Waals surface area contributed by atoms with Crippen LogP contribution in [0, 0.1) is 0 Å². The van der Waals surface area contributed by atoms with Crippen molar-refractivity contribution >= 4 is 34.5 Å². The molecule has 0 saturated heterocycles. The lowest BCUT2D eigenvalue weighted by Crippen LogP contribution is -2.29. The topological polar surface area (TPSA) is 46.3 Å². The van der Waals surface area contributed by atoms with Crippen molar-refractivity contribution in [1.82, 2.24) is 4.90 Å². The van der Waals surface area contributed by atoms with E-state index in [4.69, 9.17) is 17.3 Å². The zero-order valence-electron chi connectivity index (χ0n) is 10.8. The van der Waals surface area contributed by atoms with Crippen molar-refractivity contribution in [3.63, 3.8) is 0 Å². The molecule has 1 aromatic carbocycles. The maximum absolute atomic E-state index is 12.4. The summed E-state index contributed by atoms with van der Waals surface area (Å²) in [5.74, 6) is -0.124. The second-order valence-electron chi connectivity index (χ2n) is 4.31. The van der Waals surface area contributed by atoms with E-state index in [2.05, 4.69) is 0 Å². The highest BCUT2D eigenvalue weighted by Gasteiger charge is 2.21. The Balaban J connectivity index is 2.26. The molecule has 0 fully saturated rings. The Labute approximate surface area is 121 Å². The Morgan fingerprint density at radius 1 is 1.37 bits per heavy atom. The van der Waals surface area contributed by atoms with E-state index in [1.807, 2.05) is 24.4 Å². The van der Waals surface area contributed by atoms with Gasteiger partial charge in [-0.2, -0.15) is 0 Å². The van der Waals surface area contributed by atoms with Crippen molar-refractivity contribution in [3.8, 4) is 0 Å². The number of halogens is 1. The predicted molar refractivity (Wildman–Crippen MR) is 80.7 cm³/mol. The van der Waals surface area contributed by atoms with Crippen molar-refractivity contribution in [2.75, 3.05) is 12.8 Å². The summed E-state index contributed by atoms with van der Waals surface area (Å²) in [7, 11) is 1.77. The maximum Gasteiger partial charge on any atom is 0.256 e. The van der Waals surface area contributed by atoms with Gasteiger partial charge in [0.15, 0.2) is 0 Å². The van der Waals surface area contributed by atoms with Crippen molar-refractivity contribution in [2.45, 2.75) is 13.0 Å². The van der Waals surface area contributed by atoms with Gasteiger partial charge in [-0.05, 0) is 30.5 Å². The molecule has 5 heteroatoms. The number of nitrogens with two attached hydrogens (primary N) is 1. The zero-order valence-corrected chi connectivity index (χ0v) is 12.3. The number of thiophene rings is 1. The smallest absolute Gasteiger partial charge is 0.256 e. The van der Waals surface area contributed by atoms with Gasteiger partial charge in [-0.25, -0.2) is 0 Å². The van der Waals surface area contributed by atoms with E-state index >= 15 is 0 Å². The number of benzene rings is 1. The second-order valence-corrected chi connectivity index (χ2v) is 5.69. The van der Waals surface area contributed by atoms with Crippen molar-refractivity contribution in [2.24, 2.45) is 0 Å². The van der Waals surface area contributed by atoms with Gasteiger partial charge in [-0.3, -0.25) is 4.79 Å². The zero-order chi connectivity index (χ0) is 14.0. The molecule has 0 aliphatic carbocycles. The Hall–Kier alpha value is -1.52. The first-order chi connectivity index (χ1) is 9.02. The highest BCUT2D eigenvalue weighted by atomic mass is 35.5. The molecule has 100 valence electrons. The minimum Gasteiger partial charge on any atom is -0.397 e. The van der Waals surface area contributed by atoms with Crippen LogP contribution in [0.4, 0.5) is 5.69 Å².